The van der Waals surface area contributed by atoms with E-state index in [0.29, 0.717) is 0 Å². The van der Waals surface area contributed by atoms with Gasteiger partial charge in [-0.1, -0.05) is 30.4 Å². The summed E-state index contributed by atoms with van der Waals surface area (Å²) < 4.78 is 5.48. The Balaban J connectivity index is 1.94. The highest BCUT2D eigenvalue weighted by molar-refractivity contribution is 7.80. The number of ether oxygens (including phenoxy) is 1. The third-order valence-corrected chi connectivity index (χ3v) is 2.63. The molecule has 1 atom stereocenters. The average Bonchev–Trinajstić information content (AvgIpc) is 2.72. The molecular formula is C11H13NOS. The number of thiocarbonyl (C=S) groups is 1. The summed E-state index contributed by atoms with van der Waals surface area (Å²) in [6.07, 6.45) is 2.27. The van der Waals surface area contributed by atoms with Crippen molar-refractivity contribution in [2.75, 3.05) is 11.9 Å². The molecule has 1 aliphatic heterocycles. The normalized spacial score (nSPS) is 20.7. The molecule has 1 aromatic rings. The highest BCUT2D eigenvalue weighted by Crippen LogP contribution is 2.15. The van der Waals surface area contributed by atoms with E-state index in [-0.39, 0.29) is 6.10 Å². The third kappa shape index (κ3) is 2.30. The minimum atomic E-state index is 0.116. The van der Waals surface area contributed by atoms with Crippen molar-refractivity contribution < 1.29 is 4.74 Å². The van der Waals surface area contributed by atoms with Crippen LogP contribution in [0.2, 0.25) is 0 Å². The first kappa shape index (κ1) is 9.62. The van der Waals surface area contributed by atoms with Gasteiger partial charge in [-0.3, -0.25) is 0 Å². The molecule has 3 heteroatoms. The van der Waals surface area contributed by atoms with Gasteiger partial charge in [-0.25, -0.2) is 0 Å². The second kappa shape index (κ2) is 4.53. The summed E-state index contributed by atoms with van der Waals surface area (Å²) in [5.74, 6) is 0. The maximum atomic E-state index is 5.48. The molecule has 1 aliphatic rings. The number of anilines is 1. The first-order valence-electron chi connectivity index (χ1n) is 4.84. The Morgan fingerprint density at radius 3 is 2.79 bits per heavy atom. The summed E-state index contributed by atoms with van der Waals surface area (Å²) >= 11 is 5.26. The molecule has 14 heavy (non-hydrogen) atoms. The van der Waals surface area contributed by atoms with E-state index < -0.39 is 0 Å². The monoisotopic (exact) mass is 207 g/mol. The molecule has 0 aromatic heterocycles. The van der Waals surface area contributed by atoms with Gasteiger partial charge in [0.05, 0.1) is 0 Å². The molecule has 0 aliphatic carbocycles. The molecule has 0 saturated carbocycles. The van der Waals surface area contributed by atoms with Crippen molar-refractivity contribution in [2.24, 2.45) is 0 Å². The van der Waals surface area contributed by atoms with Crippen molar-refractivity contribution in [3.05, 3.63) is 30.3 Å². The van der Waals surface area contributed by atoms with E-state index >= 15 is 0 Å². The lowest BCUT2D eigenvalue weighted by atomic mass is 10.2. The maximum absolute atomic E-state index is 5.48. The molecule has 1 heterocycles. The molecule has 1 saturated heterocycles. The van der Waals surface area contributed by atoms with Gasteiger partial charge in [-0.2, -0.15) is 0 Å². The Kier molecular flexibility index (Phi) is 3.11. The van der Waals surface area contributed by atoms with E-state index in [4.69, 9.17) is 17.0 Å². The summed E-state index contributed by atoms with van der Waals surface area (Å²) in [6, 6.07) is 9.96. The fraction of sp³-hybridized carbons (Fsp3) is 0.364. The van der Waals surface area contributed by atoms with Crippen LogP contribution in [-0.4, -0.2) is 17.7 Å². The van der Waals surface area contributed by atoms with Gasteiger partial charge in [-0.05, 0) is 25.0 Å². The lowest BCUT2D eigenvalue weighted by Crippen LogP contribution is -2.24. The highest BCUT2D eigenvalue weighted by atomic mass is 32.1. The second-order valence-electron chi connectivity index (χ2n) is 3.36. The summed E-state index contributed by atoms with van der Waals surface area (Å²) in [6.45, 7) is 0.835. The van der Waals surface area contributed by atoms with Crippen LogP contribution in [0, 0.1) is 0 Å². The van der Waals surface area contributed by atoms with Crippen LogP contribution in [0.5, 0.6) is 0 Å². The first-order valence-corrected chi connectivity index (χ1v) is 5.24. The van der Waals surface area contributed by atoms with Gasteiger partial charge >= 0.3 is 0 Å². The van der Waals surface area contributed by atoms with Crippen molar-refractivity contribution in [1.82, 2.24) is 0 Å². The zero-order valence-corrected chi connectivity index (χ0v) is 8.72. The van der Waals surface area contributed by atoms with Crippen LogP contribution < -0.4 is 5.32 Å². The lowest BCUT2D eigenvalue weighted by molar-refractivity contribution is 0.160. The van der Waals surface area contributed by atoms with E-state index in [0.717, 1.165) is 30.1 Å². The van der Waals surface area contributed by atoms with Gasteiger partial charge in [-0.15, -0.1) is 0 Å². The van der Waals surface area contributed by atoms with E-state index in [1.54, 1.807) is 0 Å². The minimum absolute atomic E-state index is 0.116. The fourth-order valence-electron chi connectivity index (χ4n) is 1.53. The van der Waals surface area contributed by atoms with Crippen LogP contribution in [0.15, 0.2) is 30.3 Å². The van der Waals surface area contributed by atoms with Gasteiger partial charge in [0.25, 0.3) is 0 Å². The molecule has 0 radical (unpaired) electrons. The molecule has 1 aromatic carbocycles. The SMILES string of the molecule is S=C(Nc1ccccc1)C1CCCO1. The number of benzene rings is 1. The number of nitrogens with one attached hydrogen (secondary N) is 1. The zero-order valence-electron chi connectivity index (χ0n) is 7.90. The van der Waals surface area contributed by atoms with Crippen molar-refractivity contribution in [3.63, 3.8) is 0 Å². The molecule has 0 amide bonds. The van der Waals surface area contributed by atoms with Gasteiger partial charge in [0.2, 0.25) is 0 Å². The molecule has 1 N–H and O–H groups in total. The molecule has 0 bridgehead atoms. The van der Waals surface area contributed by atoms with Crippen molar-refractivity contribution in [3.8, 4) is 0 Å². The molecule has 2 rings (SSSR count). The van der Waals surface area contributed by atoms with Crippen LogP contribution in [0.3, 0.4) is 0 Å². The van der Waals surface area contributed by atoms with E-state index in [9.17, 15) is 0 Å². The lowest BCUT2D eigenvalue weighted by Gasteiger charge is -2.13. The molecule has 1 unspecified atom stereocenters. The standard InChI is InChI=1S/C11H13NOS/c14-11(10-7-4-8-13-10)12-9-5-2-1-3-6-9/h1-3,5-6,10H,4,7-8H2,(H,12,14). The number of hydrogen-bond donors (Lipinski definition) is 1. The largest absolute Gasteiger partial charge is 0.371 e. The molecule has 1 fully saturated rings. The topological polar surface area (TPSA) is 21.3 Å². The summed E-state index contributed by atoms with van der Waals surface area (Å²) in [7, 11) is 0. The Hall–Kier alpha value is -0.930. The smallest absolute Gasteiger partial charge is 0.109 e. The van der Waals surface area contributed by atoms with Crippen LogP contribution in [0.1, 0.15) is 12.8 Å². The van der Waals surface area contributed by atoms with Crippen LogP contribution in [-0.2, 0) is 4.74 Å². The van der Waals surface area contributed by atoms with Gasteiger partial charge in [0.1, 0.15) is 11.1 Å². The molecule has 0 spiro atoms. The predicted molar refractivity (Wildman–Crippen MR) is 61.6 cm³/mol. The predicted octanol–water partition coefficient (Wildman–Crippen LogP) is 2.60. The van der Waals surface area contributed by atoms with Crippen molar-refractivity contribution >= 4 is 22.9 Å². The van der Waals surface area contributed by atoms with E-state index in [2.05, 4.69) is 5.32 Å². The van der Waals surface area contributed by atoms with Crippen LogP contribution in [0.25, 0.3) is 0 Å². The Morgan fingerprint density at radius 2 is 2.14 bits per heavy atom. The van der Waals surface area contributed by atoms with Crippen molar-refractivity contribution in [2.45, 2.75) is 18.9 Å². The molecule has 74 valence electrons. The molecular weight excluding hydrogens is 194 g/mol. The summed E-state index contributed by atoms with van der Waals surface area (Å²) in [5.41, 5.74) is 1.04. The van der Waals surface area contributed by atoms with E-state index in [1.807, 2.05) is 30.3 Å². The van der Waals surface area contributed by atoms with E-state index in [1.165, 1.54) is 0 Å². The van der Waals surface area contributed by atoms with Crippen molar-refractivity contribution in [1.29, 1.82) is 0 Å². The van der Waals surface area contributed by atoms with Gasteiger partial charge < -0.3 is 10.1 Å². The number of para-hydroxylation sites is 1. The summed E-state index contributed by atoms with van der Waals surface area (Å²) in [4.78, 5) is 0.800. The zero-order chi connectivity index (χ0) is 9.80. The molecule has 2 nitrogen and oxygen atoms in total. The van der Waals surface area contributed by atoms with Gasteiger partial charge in [0.15, 0.2) is 0 Å². The first-order chi connectivity index (χ1) is 6.86. The van der Waals surface area contributed by atoms with Crippen LogP contribution in [0.4, 0.5) is 5.69 Å². The second-order valence-corrected chi connectivity index (χ2v) is 3.80. The maximum Gasteiger partial charge on any atom is 0.109 e. The Morgan fingerprint density at radius 1 is 1.36 bits per heavy atom. The highest BCUT2D eigenvalue weighted by Gasteiger charge is 2.19. The minimum Gasteiger partial charge on any atom is -0.371 e. The quantitative estimate of drug-likeness (QED) is 0.753. The number of rotatable bonds is 2. The van der Waals surface area contributed by atoms with Gasteiger partial charge in [0, 0.05) is 12.3 Å². The van der Waals surface area contributed by atoms with Crippen LogP contribution >= 0.6 is 12.2 Å². The fourth-order valence-corrected chi connectivity index (χ4v) is 1.83. The Bertz CT molecular complexity index is 306. The Labute approximate surface area is 89.3 Å². The third-order valence-electron chi connectivity index (χ3n) is 2.26. The average molecular weight is 207 g/mol. The summed E-state index contributed by atoms with van der Waals surface area (Å²) in [5, 5.41) is 3.19. The number of hydrogen-bond acceptors (Lipinski definition) is 2.